The Kier molecular flexibility index (Phi) is 5.55. The zero-order valence-corrected chi connectivity index (χ0v) is 10.7. The second-order valence-electron chi connectivity index (χ2n) is 3.31. The summed E-state index contributed by atoms with van der Waals surface area (Å²) in [4.78, 5) is 25.2. The summed E-state index contributed by atoms with van der Waals surface area (Å²) in [6, 6.07) is 0. The predicted octanol–water partition coefficient (Wildman–Crippen LogP) is 0.953. The van der Waals surface area contributed by atoms with Crippen molar-refractivity contribution in [2.24, 2.45) is 0 Å². The summed E-state index contributed by atoms with van der Waals surface area (Å²) in [6.45, 7) is 4.47. The van der Waals surface area contributed by atoms with Gasteiger partial charge in [-0.3, -0.25) is 9.59 Å². The molecule has 0 aliphatic heterocycles. The van der Waals surface area contributed by atoms with Crippen molar-refractivity contribution in [1.29, 1.82) is 0 Å². The Hall–Kier alpha value is -1.50. The van der Waals surface area contributed by atoms with Gasteiger partial charge in [-0.05, 0) is 24.9 Å². The van der Waals surface area contributed by atoms with Gasteiger partial charge in [0.1, 0.15) is 11.4 Å². The Morgan fingerprint density at radius 3 is 2.76 bits per heavy atom. The van der Waals surface area contributed by atoms with E-state index in [9.17, 15) is 9.59 Å². The highest BCUT2D eigenvalue weighted by Gasteiger charge is 2.20. The average Bonchev–Trinajstić information content (AvgIpc) is 2.81. The molecule has 0 aliphatic carbocycles. The molecule has 0 aromatic carbocycles. The summed E-state index contributed by atoms with van der Waals surface area (Å²) in [5.41, 5.74) is 0. The van der Waals surface area contributed by atoms with E-state index < -0.39 is 5.97 Å². The van der Waals surface area contributed by atoms with Gasteiger partial charge in [0.2, 0.25) is 0 Å². The molecule has 7 heteroatoms. The summed E-state index contributed by atoms with van der Waals surface area (Å²) in [6.07, 6.45) is 2.18. The van der Waals surface area contributed by atoms with Gasteiger partial charge in [-0.15, -0.1) is 5.10 Å². The van der Waals surface area contributed by atoms with Gasteiger partial charge in [0.25, 0.3) is 5.91 Å². The number of esters is 1. The minimum absolute atomic E-state index is 0.0294. The van der Waals surface area contributed by atoms with Gasteiger partial charge >= 0.3 is 5.97 Å². The molecule has 0 spiro atoms. The van der Waals surface area contributed by atoms with Crippen LogP contribution in [0, 0.1) is 0 Å². The molecule has 1 heterocycles. The van der Waals surface area contributed by atoms with Gasteiger partial charge in [0, 0.05) is 6.54 Å². The number of carbonyl (C=O) groups is 2. The standard InChI is InChI=1S/C10H15N3O3S/c1-3-5-13(7-9(14)16-4-2)10(15)8-6-11-12-17-8/h6H,3-5,7H2,1-2H3. The molecule has 0 saturated heterocycles. The van der Waals surface area contributed by atoms with Crippen molar-refractivity contribution in [3.8, 4) is 0 Å². The van der Waals surface area contributed by atoms with Gasteiger partial charge in [0.05, 0.1) is 12.8 Å². The molecule has 17 heavy (non-hydrogen) atoms. The molecule has 0 bridgehead atoms. The van der Waals surface area contributed by atoms with Gasteiger partial charge in [-0.1, -0.05) is 11.4 Å². The molecule has 94 valence electrons. The van der Waals surface area contributed by atoms with Gasteiger partial charge < -0.3 is 9.64 Å². The number of hydrogen-bond donors (Lipinski definition) is 0. The molecule has 0 saturated carbocycles. The Morgan fingerprint density at radius 2 is 2.24 bits per heavy atom. The van der Waals surface area contributed by atoms with Crippen molar-refractivity contribution in [2.45, 2.75) is 20.3 Å². The lowest BCUT2D eigenvalue weighted by atomic mass is 10.3. The molecule has 0 unspecified atom stereocenters. The Bertz CT molecular complexity index is 367. The highest BCUT2D eigenvalue weighted by atomic mass is 32.1. The van der Waals surface area contributed by atoms with Crippen LogP contribution in [-0.2, 0) is 9.53 Å². The number of hydrogen-bond acceptors (Lipinski definition) is 6. The number of ether oxygens (including phenoxy) is 1. The fourth-order valence-corrected chi connectivity index (χ4v) is 1.79. The quantitative estimate of drug-likeness (QED) is 0.709. The third-order valence-electron chi connectivity index (χ3n) is 1.98. The van der Waals surface area contributed by atoms with E-state index in [4.69, 9.17) is 4.74 Å². The maximum atomic E-state index is 12.0. The van der Waals surface area contributed by atoms with Crippen molar-refractivity contribution in [3.05, 3.63) is 11.1 Å². The van der Waals surface area contributed by atoms with Crippen LogP contribution in [0.25, 0.3) is 0 Å². The second kappa shape index (κ2) is 6.95. The smallest absolute Gasteiger partial charge is 0.325 e. The molecule has 0 atom stereocenters. The summed E-state index contributed by atoms with van der Waals surface area (Å²) in [5.74, 6) is -0.623. The number of carbonyl (C=O) groups excluding carboxylic acids is 2. The first-order valence-electron chi connectivity index (χ1n) is 5.41. The molecule has 1 aromatic rings. The highest BCUT2D eigenvalue weighted by molar-refractivity contribution is 7.07. The fourth-order valence-electron chi connectivity index (χ4n) is 1.30. The molecule has 0 N–H and O–H groups in total. The highest BCUT2D eigenvalue weighted by Crippen LogP contribution is 2.08. The average molecular weight is 257 g/mol. The SMILES string of the molecule is CCCN(CC(=O)OCC)C(=O)c1cnns1. The Labute approximate surface area is 104 Å². The first-order valence-corrected chi connectivity index (χ1v) is 6.18. The zero-order valence-electron chi connectivity index (χ0n) is 9.88. The summed E-state index contributed by atoms with van der Waals surface area (Å²) >= 11 is 1.02. The van der Waals surface area contributed by atoms with E-state index in [0.717, 1.165) is 18.0 Å². The Morgan fingerprint density at radius 1 is 1.47 bits per heavy atom. The molecular formula is C10H15N3O3S. The van der Waals surface area contributed by atoms with E-state index in [1.165, 1.54) is 11.1 Å². The van der Waals surface area contributed by atoms with Crippen LogP contribution in [-0.4, -0.2) is 46.1 Å². The van der Waals surface area contributed by atoms with E-state index in [1.54, 1.807) is 6.92 Å². The molecule has 0 fully saturated rings. The van der Waals surface area contributed by atoms with E-state index in [1.807, 2.05) is 6.92 Å². The number of aromatic nitrogens is 2. The van der Waals surface area contributed by atoms with E-state index in [0.29, 0.717) is 18.0 Å². The predicted molar refractivity (Wildman–Crippen MR) is 62.7 cm³/mol. The molecule has 1 rings (SSSR count). The minimum Gasteiger partial charge on any atom is -0.465 e. The lowest BCUT2D eigenvalue weighted by molar-refractivity contribution is -0.143. The maximum absolute atomic E-state index is 12.0. The second-order valence-corrected chi connectivity index (χ2v) is 4.10. The third-order valence-corrected chi connectivity index (χ3v) is 2.63. The van der Waals surface area contributed by atoms with E-state index in [-0.39, 0.29) is 12.5 Å². The summed E-state index contributed by atoms with van der Waals surface area (Å²) < 4.78 is 8.45. The molecule has 1 aromatic heterocycles. The van der Waals surface area contributed by atoms with Crippen LogP contribution in [0.5, 0.6) is 0 Å². The monoisotopic (exact) mass is 257 g/mol. The molecule has 0 aliphatic rings. The van der Waals surface area contributed by atoms with Crippen molar-refractivity contribution in [2.75, 3.05) is 19.7 Å². The van der Waals surface area contributed by atoms with E-state index >= 15 is 0 Å². The van der Waals surface area contributed by atoms with Crippen molar-refractivity contribution in [3.63, 3.8) is 0 Å². The minimum atomic E-state index is -0.397. The molecule has 0 radical (unpaired) electrons. The van der Waals surface area contributed by atoms with Crippen LogP contribution in [0.15, 0.2) is 6.20 Å². The van der Waals surface area contributed by atoms with Crippen LogP contribution < -0.4 is 0 Å². The van der Waals surface area contributed by atoms with Gasteiger partial charge in [-0.25, -0.2) is 0 Å². The van der Waals surface area contributed by atoms with Crippen LogP contribution in [0.2, 0.25) is 0 Å². The lowest BCUT2D eigenvalue weighted by Crippen LogP contribution is -2.36. The fraction of sp³-hybridized carbons (Fsp3) is 0.600. The topological polar surface area (TPSA) is 72.4 Å². The van der Waals surface area contributed by atoms with Crippen LogP contribution in [0.1, 0.15) is 29.9 Å². The lowest BCUT2D eigenvalue weighted by Gasteiger charge is -2.19. The van der Waals surface area contributed by atoms with Crippen LogP contribution in [0.3, 0.4) is 0 Å². The number of rotatable bonds is 6. The van der Waals surface area contributed by atoms with Crippen molar-refractivity contribution in [1.82, 2.24) is 14.5 Å². The van der Waals surface area contributed by atoms with Crippen molar-refractivity contribution < 1.29 is 14.3 Å². The van der Waals surface area contributed by atoms with Gasteiger partial charge in [-0.2, -0.15) is 0 Å². The van der Waals surface area contributed by atoms with Crippen LogP contribution in [0.4, 0.5) is 0 Å². The van der Waals surface area contributed by atoms with Crippen molar-refractivity contribution >= 4 is 23.4 Å². The van der Waals surface area contributed by atoms with E-state index in [2.05, 4.69) is 9.59 Å². The summed E-state index contributed by atoms with van der Waals surface area (Å²) in [7, 11) is 0. The van der Waals surface area contributed by atoms with Gasteiger partial charge in [0.15, 0.2) is 0 Å². The summed E-state index contributed by atoms with van der Waals surface area (Å²) in [5, 5.41) is 3.61. The first kappa shape index (κ1) is 13.6. The molecule has 1 amide bonds. The molecule has 6 nitrogen and oxygen atoms in total. The largest absolute Gasteiger partial charge is 0.465 e. The van der Waals surface area contributed by atoms with Crippen LogP contribution >= 0.6 is 11.5 Å². The maximum Gasteiger partial charge on any atom is 0.325 e. The Balaban J connectivity index is 2.65. The molecular weight excluding hydrogens is 242 g/mol. The first-order chi connectivity index (χ1) is 8.19. The number of nitrogens with zero attached hydrogens (tertiary/aromatic N) is 3. The normalized spacial score (nSPS) is 10.0. The zero-order chi connectivity index (χ0) is 12.7. The third kappa shape index (κ3) is 4.10. The number of amides is 1.